The average molecular weight is 319 g/mol. The molecule has 0 bridgehead atoms. The van der Waals surface area contributed by atoms with Crippen LogP contribution in [0.3, 0.4) is 0 Å². The van der Waals surface area contributed by atoms with Gasteiger partial charge in [-0.1, -0.05) is 6.92 Å². The number of hydrogen-bond acceptors (Lipinski definition) is 2. The minimum absolute atomic E-state index is 0.244. The molecular weight excluding hydrogens is 307 g/mol. The lowest BCUT2D eigenvalue weighted by molar-refractivity contribution is -0.139. The van der Waals surface area contributed by atoms with Crippen molar-refractivity contribution in [2.24, 2.45) is 0 Å². The van der Waals surface area contributed by atoms with Gasteiger partial charge in [0.05, 0.1) is 4.47 Å². The molecular formula is C11H12BrFN2O3. The lowest BCUT2D eigenvalue weighted by Crippen LogP contribution is -2.42. The van der Waals surface area contributed by atoms with E-state index >= 15 is 0 Å². The standard InChI is InChI=1S/C11H12BrFN2O3/c1-2-9(10(16)17)15-11(18)14-6-3-4-7(12)8(13)5-6/h3-5,9H,2H2,1H3,(H,16,17)(H2,14,15,18). The number of nitrogens with one attached hydrogen (secondary N) is 2. The Kier molecular flexibility index (Phi) is 5.08. The number of benzene rings is 1. The maximum Gasteiger partial charge on any atom is 0.326 e. The van der Waals surface area contributed by atoms with Gasteiger partial charge in [-0.25, -0.2) is 14.0 Å². The van der Waals surface area contributed by atoms with Crippen molar-refractivity contribution in [1.82, 2.24) is 5.32 Å². The zero-order valence-electron chi connectivity index (χ0n) is 9.54. The van der Waals surface area contributed by atoms with Gasteiger partial charge < -0.3 is 15.7 Å². The molecule has 1 unspecified atom stereocenters. The molecule has 18 heavy (non-hydrogen) atoms. The Hall–Kier alpha value is -1.63. The summed E-state index contributed by atoms with van der Waals surface area (Å²) in [6.45, 7) is 1.64. The van der Waals surface area contributed by atoms with Crippen molar-refractivity contribution < 1.29 is 19.1 Å². The third-order valence-corrected chi connectivity index (χ3v) is 2.83. The van der Waals surface area contributed by atoms with Gasteiger partial charge in [-0.15, -0.1) is 0 Å². The largest absolute Gasteiger partial charge is 0.480 e. The van der Waals surface area contributed by atoms with Gasteiger partial charge in [0, 0.05) is 5.69 Å². The van der Waals surface area contributed by atoms with E-state index < -0.39 is 23.9 Å². The highest BCUT2D eigenvalue weighted by Crippen LogP contribution is 2.19. The molecule has 5 nitrogen and oxygen atoms in total. The van der Waals surface area contributed by atoms with Gasteiger partial charge in [-0.05, 0) is 40.5 Å². The van der Waals surface area contributed by atoms with Crippen LogP contribution in [0.25, 0.3) is 0 Å². The third-order valence-electron chi connectivity index (χ3n) is 2.19. The lowest BCUT2D eigenvalue weighted by Gasteiger charge is -2.13. The van der Waals surface area contributed by atoms with Gasteiger partial charge in [0.2, 0.25) is 0 Å². The van der Waals surface area contributed by atoms with Crippen LogP contribution in [0.1, 0.15) is 13.3 Å². The molecule has 1 atom stereocenters. The van der Waals surface area contributed by atoms with Crippen molar-refractivity contribution in [2.45, 2.75) is 19.4 Å². The second-order valence-electron chi connectivity index (χ2n) is 3.53. The zero-order chi connectivity index (χ0) is 13.7. The summed E-state index contributed by atoms with van der Waals surface area (Å²) in [6.07, 6.45) is 0.261. The number of anilines is 1. The Labute approximate surface area is 112 Å². The topological polar surface area (TPSA) is 78.4 Å². The second kappa shape index (κ2) is 6.34. The van der Waals surface area contributed by atoms with Gasteiger partial charge in [0.1, 0.15) is 11.9 Å². The molecule has 0 aliphatic rings. The first-order valence-electron chi connectivity index (χ1n) is 5.19. The first-order chi connectivity index (χ1) is 8.43. The van der Waals surface area contributed by atoms with Gasteiger partial charge in [0.15, 0.2) is 0 Å². The highest BCUT2D eigenvalue weighted by atomic mass is 79.9. The van der Waals surface area contributed by atoms with E-state index in [0.717, 1.165) is 6.07 Å². The fourth-order valence-electron chi connectivity index (χ4n) is 1.24. The van der Waals surface area contributed by atoms with Crippen LogP contribution in [0.15, 0.2) is 22.7 Å². The van der Waals surface area contributed by atoms with Crippen molar-refractivity contribution >= 4 is 33.6 Å². The minimum Gasteiger partial charge on any atom is -0.480 e. The number of carboxylic acids is 1. The van der Waals surface area contributed by atoms with E-state index in [1.807, 2.05) is 0 Å². The number of carbonyl (C=O) groups excluding carboxylic acids is 1. The first-order valence-corrected chi connectivity index (χ1v) is 5.98. The summed E-state index contributed by atoms with van der Waals surface area (Å²) >= 11 is 2.99. The molecule has 0 heterocycles. The van der Waals surface area contributed by atoms with Crippen LogP contribution in [0.4, 0.5) is 14.9 Å². The molecule has 0 fully saturated rings. The van der Waals surface area contributed by atoms with Crippen molar-refractivity contribution in [3.05, 3.63) is 28.5 Å². The Bertz CT molecular complexity index is 468. The third kappa shape index (κ3) is 3.99. The van der Waals surface area contributed by atoms with Crippen LogP contribution < -0.4 is 10.6 Å². The Morgan fingerprint density at radius 1 is 1.50 bits per heavy atom. The summed E-state index contributed by atoms with van der Waals surface area (Å²) in [4.78, 5) is 22.2. The van der Waals surface area contributed by atoms with Crippen LogP contribution in [0, 0.1) is 5.82 Å². The van der Waals surface area contributed by atoms with E-state index in [-0.39, 0.29) is 16.6 Å². The molecule has 0 saturated heterocycles. The predicted molar refractivity (Wildman–Crippen MR) is 68.0 cm³/mol. The number of halogens is 2. The summed E-state index contributed by atoms with van der Waals surface area (Å²) in [5, 5.41) is 13.4. The summed E-state index contributed by atoms with van der Waals surface area (Å²) < 4.78 is 13.5. The van der Waals surface area contributed by atoms with Gasteiger partial charge >= 0.3 is 12.0 Å². The number of hydrogen-bond donors (Lipinski definition) is 3. The second-order valence-corrected chi connectivity index (χ2v) is 4.38. The normalized spacial score (nSPS) is 11.7. The summed E-state index contributed by atoms with van der Waals surface area (Å²) in [5.41, 5.74) is 0.244. The zero-order valence-corrected chi connectivity index (χ0v) is 11.1. The highest BCUT2D eigenvalue weighted by Gasteiger charge is 2.17. The minimum atomic E-state index is -1.12. The van der Waals surface area contributed by atoms with Crippen LogP contribution in [0.2, 0.25) is 0 Å². The molecule has 3 N–H and O–H groups in total. The summed E-state index contributed by atoms with van der Waals surface area (Å²) in [6, 6.07) is 2.41. The fraction of sp³-hybridized carbons (Fsp3) is 0.273. The molecule has 0 radical (unpaired) electrons. The van der Waals surface area contributed by atoms with Crippen molar-refractivity contribution in [3.8, 4) is 0 Å². The SMILES string of the molecule is CCC(NC(=O)Nc1ccc(Br)c(F)c1)C(=O)O. The number of carboxylic acid groups (broad SMARTS) is 1. The van der Waals surface area contributed by atoms with Gasteiger partial charge in [-0.2, -0.15) is 0 Å². The number of aliphatic carboxylic acids is 1. The summed E-state index contributed by atoms with van der Waals surface area (Å²) in [5.74, 6) is -1.63. The maximum atomic E-state index is 13.2. The quantitative estimate of drug-likeness (QED) is 0.798. The van der Waals surface area contributed by atoms with E-state index in [4.69, 9.17) is 5.11 Å². The predicted octanol–water partition coefficient (Wildman–Crippen LogP) is 2.57. The average Bonchev–Trinajstić information content (AvgIpc) is 2.30. The maximum absolute atomic E-state index is 13.2. The van der Waals surface area contributed by atoms with Crippen LogP contribution >= 0.6 is 15.9 Å². The fourth-order valence-corrected chi connectivity index (χ4v) is 1.48. The van der Waals surface area contributed by atoms with Crippen LogP contribution in [-0.2, 0) is 4.79 Å². The van der Waals surface area contributed by atoms with Crippen LogP contribution in [-0.4, -0.2) is 23.1 Å². The molecule has 0 spiro atoms. The van der Waals surface area contributed by atoms with E-state index in [0.29, 0.717) is 0 Å². The molecule has 1 rings (SSSR count). The number of rotatable bonds is 4. The Balaban J connectivity index is 2.64. The van der Waals surface area contributed by atoms with Crippen molar-refractivity contribution in [3.63, 3.8) is 0 Å². The molecule has 0 aliphatic heterocycles. The van der Waals surface area contributed by atoms with E-state index in [1.165, 1.54) is 12.1 Å². The molecule has 98 valence electrons. The number of amides is 2. The Morgan fingerprint density at radius 3 is 2.67 bits per heavy atom. The molecule has 0 aromatic heterocycles. The monoisotopic (exact) mass is 318 g/mol. The molecule has 0 aliphatic carbocycles. The smallest absolute Gasteiger partial charge is 0.326 e. The van der Waals surface area contributed by atoms with E-state index in [1.54, 1.807) is 6.92 Å². The summed E-state index contributed by atoms with van der Waals surface area (Å²) in [7, 11) is 0. The molecule has 2 amide bonds. The molecule has 1 aromatic rings. The number of urea groups is 1. The van der Waals surface area contributed by atoms with Gasteiger partial charge in [-0.3, -0.25) is 0 Å². The van der Waals surface area contributed by atoms with E-state index in [9.17, 15) is 14.0 Å². The van der Waals surface area contributed by atoms with Crippen LogP contribution in [0.5, 0.6) is 0 Å². The first kappa shape index (κ1) is 14.4. The molecule has 0 saturated carbocycles. The lowest BCUT2D eigenvalue weighted by atomic mass is 10.2. The molecule has 7 heteroatoms. The van der Waals surface area contributed by atoms with Crippen molar-refractivity contribution in [2.75, 3.05) is 5.32 Å². The highest BCUT2D eigenvalue weighted by molar-refractivity contribution is 9.10. The van der Waals surface area contributed by atoms with E-state index in [2.05, 4.69) is 26.6 Å². The van der Waals surface area contributed by atoms with Gasteiger partial charge in [0.25, 0.3) is 0 Å². The Morgan fingerprint density at radius 2 is 2.17 bits per heavy atom. The number of carbonyl (C=O) groups is 2. The molecule has 1 aromatic carbocycles. The van der Waals surface area contributed by atoms with Crippen molar-refractivity contribution in [1.29, 1.82) is 0 Å².